The van der Waals surface area contributed by atoms with Gasteiger partial charge in [-0.05, 0) is 0 Å². The van der Waals surface area contributed by atoms with Crippen molar-refractivity contribution in [3.63, 3.8) is 0 Å². The molecular weight excluding hydrogens is 196 g/mol. The molecular formula is C9H10N4O2. The number of Topliss-reactive ketones (excluding diaryl/α,β-unsaturated/α-hetero) is 1. The number of ketones is 1. The van der Waals surface area contributed by atoms with Crippen LogP contribution in [0.2, 0.25) is 0 Å². The molecule has 15 heavy (non-hydrogen) atoms. The van der Waals surface area contributed by atoms with Crippen LogP contribution in [0.25, 0.3) is 0 Å². The Hall–Kier alpha value is -1.98. The molecule has 0 amide bonds. The summed E-state index contributed by atoms with van der Waals surface area (Å²) >= 11 is 0. The van der Waals surface area contributed by atoms with E-state index in [0.29, 0.717) is 18.1 Å². The molecule has 2 aromatic rings. The lowest BCUT2D eigenvalue weighted by molar-refractivity contribution is 0.100. The molecule has 0 aliphatic rings. The molecule has 0 aliphatic carbocycles. The number of hydrogen-bond acceptors (Lipinski definition) is 5. The summed E-state index contributed by atoms with van der Waals surface area (Å²) in [7, 11) is 0. The summed E-state index contributed by atoms with van der Waals surface area (Å²) in [5.41, 5.74) is 1.19. The van der Waals surface area contributed by atoms with Crippen molar-refractivity contribution in [1.82, 2.24) is 20.0 Å². The molecule has 6 nitrogen and oxygen atoms in total. The second-order valence-electron chi connectivity index (χ2n) is 3.19. The van der Waals surface area contributed by atoms with Crippen LogP contribution in [0.15, 0.2) is 16.9 Å². The molecule has 0 aromatic carbocycles. The van der Waals surface area contributed by atoms with Gasteiger partial charge in [0.2, 0.25) is 0 Å². The molecule has 0 radical (unpaired) electrons. The molecule has 0 unspecified atom stereocenters. The van der Waals surface area contributed by atoms with Gasteiger partial charge >= 0.3 is 0 Å². The Morgan fingerprint density at radius 2 is 2.40 bits per heavy atom. The fourth-order valence-corrected chi connectivity index (χ4v) is 1.28. The maximum atomic E-state index is 11.2. The van der Waals surface area contributed by atoms with Crippen molar-refractivity contribution in [2.75, 3.05) is 0 Å². The average Bonchev–Trinajstić information content (AvgIpc) is 2.75. The van der Waals surface area contributed by atoms with Crippen molar-refractivity contribution in [3.05, 3.63) is 29.7 Å². The largest absolute Gasteiger partial charge is 0.449 e. The first kappa shape index (κ1) is 9.57. The van der Waals surface area contributed by atoms with E-state index >= 15 is 0 Å². The van der Waals surface area contributed by atoms with E-state index in [2.05, 4.69) is 15.3 Å². The Bertz CT molecular complexity index is 486. The second-order valence-corrected chi connectivity index (χ2v) is 3.19. The van der Waals surface area contributed by atoms with Crippen LogP contribution in [-0.4, -0.2) is 25.8 Å². The Balaban J connectivity index is 2.24. The summed E-state index contributed by atoms with van der Waals surface area (Å²) in [4.78, 5) is 15.3. The minimum atomic E-state index is -0.0692. The predicted molar refractivity (Wildman–Crippen MR) is 50.4 cm³/mol. The van der Waals surface area contributed by atoms with Crippen molar-refractivity contribution in [3.8, 4) is 0 Å². The van der Waals surface area contributed by atoms with Crippen LogP contribution in [0.5, 0.6) is 0 Å². The molecule has 0 saturated heterocycles. The summed E-state index contributed by atoms with van der Waals surface area (Å²) < 4.78 is 6.56. The molecule has 0 spiro atoms. The quantitative estimate of drug-likeness (QED) is 0.695. The highest BCUT2D eigenvalue weighted by atomic mass is 16.3. The van der Waals surface area contributed by atoms with Crippen LogP contribution < -0.4 is 0 Å². The summed E-state index contributed by atoms with van der Waals surface area (Å²) in [6, 6.07) is 0. The lowest BCUT2D eigenvalue weighted by Gasteiger charge is -1.99. The number of carbonyl (C=O) groups excluding carboxylic acids is 1. The number of carbonyl (C=O) groups is 1. The maximum absolute atomic E-state index is 11.2. The van der Waals surface area contributed by atoms with Gasteiger partial charge in [0.25, 0.3) is 0 Å². The van der Waals surface area contributed by atoms with Crippen LogP contribution in [0.1, 0.15) is 29.0 Å². The number of rotatable bonds is 3. The minimum Gasteiger partial charge on any atom is -0.449 e. The van der Waals surface area contributed by atoms with Gasteiger partial charge < -0.3 is 4.42 Å². The summed E-state index contributed by atoms with van der Waals surface area (Å²) in [6.45, 7) is 3.63. The highest BCUT2D eigenvalue weighted by Gasteiger charge is 2.10. The van der Waals surface area contributed by atoms with E-state index in [1.807, 2.05) is 0 Å². The van der Waals surface area contributed by atoms with Crippen LogP contribution in [-0.2, 0) is 6.54 Å². The van der Waals surface area contributed by atoms with Gasteiger partial charge in [-0.15, -0.1) is 5.10 Å². The van der Waals surface area contributed by atoms with Gasteiger partial charge in [-0.3, -0.25) is 4.79 Å². The molecule has 0 saturated carbocycles. The monoisotopic (exact) mass is 206 g/mol. The molecule has 0 aliphatic heterocycles. The molecule has 2 aromatic heterocycles. The average molecular weight is 206 g/mol. The number of hydrogen-bond donors (Lipinski definition) is 0. The fourth-order valence-electron chi connectivity index (χ4n) is 1.28. The van der Waals surface area contributed by atoms with E-state index in [9.17, 15) is 4.79 Å². The molecule has 2 rings (SSSR count). The van der Waals surface area contributed by atoms with Gasteiger partial charge in [-0.1, -0.05) is 5.21 Å². The van der Waals surface area contributed by atoms with Gasteiger partial charge in [0.15, 0.2) is 11.7 Å². The number of nitrogens with zero attached hydrogens (tertiary/aromatic N) is 4. The predicted octanol–water partition coefficient (Wildman–Crippen LogP) is 0.825. The molecule has 0 N–H and O–H groups in total. The van der Waals surface area contributed by atoms with E-state index in [1.54, 1.807) is 13.2 Å². The minimum absolute atomic E-state index is 0.0692. The normalized spacial score (nSPS) is 10.5. The van der Waals surface area contributed by atoms with Gasteiger partial charge in [0, 0.05) is 13.8 Å². The number of oxazole rings is 1. The molecule has 0 atom stereocenters. The van der Waals surface area contributed by atoms with Gasteiger partial charge in [0.05, 0.1) is 12.7 Å². The zero-order valence-corrected chi connectivity index (χ0v) is 8.47. The Morgan fingerprint density at radius 3 is 3.00 bits per heavy atom. The number of aromatic nitrogens is 4. The van der Waals surface area contributed by atoms with Gasteiger partial charge in [-0.25, -0.2) is 9.67 Å². The molecule has 0 fully saturated rings. The first-order valence-electron chi connectivity index (χ1n) is 4.47. The summed E-state index contributed by atoms with van der Waals surface area (Å²) in [6.07, 6.45) is 2.98. The lowest BCUT2D eigenvalue weighted by Crippen LogP contribution is -2.09. The first-order valence-corrected chi connectivity index (χ1v) is 4.47. The molecule has 2 heterocycles. The second kappa shape index (κ2) is 3.64. The van der Waals surface area contributed by atoms with E-state index in [-0.39, 0.29) is 5.78 Å². The number of aryl methyl sites for hydroxylation is 1. The Kier molecular flexibility index (Phi) is 2.32. The van der Waals surface area contributed by atoms with Gasteiger partial charge in [0.1, 0.15) is 17.7 Å². The summed E-state index contributed by atoms with van der Waals surface area (Å²) in [5.74, 6) is 0.523. The van der Waals surface area contributed by atoms with E-state index in [1.165, 1.54) is 17.8 Å². The molecule has 0 bridgehead atoms. The molecule has 6 heteroatoms. The third-order valence-corrected chi connectivity index (χ3v) is 1.96. The maximum Gasteiger partial charge on any atom is 0.191 e. The van der Waals surface area contributed by atoms with Crippen LogP contribution >= 0.6 is 0 Å². The van der Waals surface area contributed by atoms with E-state index < -0.39 is 0 Å². The summed E-state index contributed by atoms with van der Waals surface area (Å²) in [5, 5.41) is 7.49. The van der Waals surface area contributed by atoms with Crippen molar-refractivity contribution in [1.29, 1.82) is 0 Å². The Morgan fingerprint density at radius 1 is 1.60 bits per heavy atom. The standard InChI is InChI=1S/C9H10N4O2/c1-6(14)9-3-10-12-13(9)4-8-5-15-7(2)11-8/h3,5H,4H2,1-2H3. The third kappa shape index (κ3) is 1.93. The van der Waals surface area contributed by atoms with Crippen LogP contribution in [0.3, 0.4) is 0 Å². The Labute approximate surface area is 85.9 Å². The van der Waals surface area contributed by atoms with E-state index in [4.69, 9.17) is 4.42 Å². The highest BCUT2D eigenvalue weighted by molar-refractivity contribution is 5.91. The van der Waals surface area contributed by atoms with Crippen LogP contribution in [0, 0.1) is 6.92 Å². The van der Waals surface area contributed by atoms with Gasteiger partial charge in [-0.2, -0.15) is 0 Å². The third-order valence-electron chi connectivity index (χ3n) is 1.96. The lowest BCUT2D eigenvalue weighted by atomic mass is 10.3. The topological polar surface area (TPSA) is 73.8 Å². The van der Waals surface area contributed by atoms with Crippen molar-refractivity contribution in [2.45, 2.75) is 20.4 Å². The van der Waals surface area contributed by atoms with Crippen molar-refractivity contribution >= 4 is 5.78 Å². The van der Waals surface area contributed by atoms with Crippen molar-refractivity contribution < 1.29 is 9.21 Å². The van der Waals surface area contributed by atoms with Crippen molar-refractivity contribution in [2.24, 2.45) is 0 Å². The zero-order valence-electron chi connectivity index (χ0n) is 8.47. The fraction of sp³-hybridized carbons (Fsp3) is 0.333. The smallest absolute Gasteiger partial charge is 0.191 e. The first-order chi connectivity index (χ1) is 7.16. The van der Waals surface area contributed by atoms with Crippen LogP contribution in [0.4, 0.5) is 0 Å². The SMILES string of the molecule is CC(=O)c1cnnn1Cc1coc(C)n1. The highest BCUT2D eigenvalue weighted by Crippen LogP contribution is 2.05. The zero-order chi connectivity index (χ0) is 10.8. The van der Waals surface area contributed by atoms with E-state index in [0.717, 1.165) is 5.69 Å². The molecule has 78 valence electrons.